The highest BCUT2D eigenvalue weighted by Gasteiger charge is 2.17. The topological polar surface area (TPSA) is 149 Å². The van der Waals surface area contributed by atoms with Crippen LogP contribution in [0.4, 0.5) is 5.69 Å². The summed E-state index contributed by atoms with van der Waals surface area (Å²) in [6.45, 7) is 0. The number of hydrogen-bond donors (Lipinski definition) is 3. The van der Waals surface area contributed by atoms with Crippen molar-refractivity contribution in [2.45, 2.75) is 0 Å². The maximum Gasteiger partial charge on any atom is 0.244 e. The SMILES string of the molecule is O=Nc1c(O)/c(=N\O)c(=O)/c(=N/O)c1=O. The summed E-state index contributed by atoms with van der Waals surface area (Å²) in [6, 6.07) is 0. The van der Waals surface area contributed by atoms with E-state index in [0.717, 1.165) is 0 Å². The van der Waals surface area contributed by atoms with Crippen molar-refractivity contribution in [3.63, 3.8) is 0 Å². The van der Waals surface area contributed by atoms with Crippen LogP contribution in [-0.2, 0) is 0 Å². The van der Waals surface area contributed by atoms with Crippen molar-refractivity contribution >= 4 is 5.69 Å². The Bertz CT molecular complexity index is 624. The van der Waals surface area contributed by atoms with E-state index < -0.39 is 33.0 Å². The van der Waals surface area contributed by atoms with Crippen molar-refractivity contribution < 1.29 is 15.5 Å². The van der Waals surface area contributed by atoms with Crippen molar-refractivity contribution in [1.82, 2.24) is 0 Å². The first-order chi connectivity index (χ1) is 7.08. The lowest BCUT2D eigenvalue weighted by atomic mass is 10.2. The van der Waals surface area contributed by atoms with Crippen molar-refractivity contribution in [3.8, 4) is 5.75 Å². The van der Waals surface area contributed by atoms with Crippen molar-refractivity contribution in [3.05, 3.63) is 36.1 Å². The van der Waals surface area contributed by atoms with Gasteiger partial charge in [-0.1, -0.05) is 10.3 Å². The predicted octanol–water partition coefficient (Wildman–Crippen LogP) is -2.03. The van der Waals surface area contributed by atoms with Gasteiger partial charge in [0.2, 0.25) is 21.9 Å². The molecule has 0 aliphatic heterocycles. The van der Waals surface area contributed by atoms with E-state index >= 15 is 0 Å². The summed E-state index contributed by atoms with van der Waals surface area (Å²) in [7, 11) is 0. The number of rotatable bonds is 1. The molecule has 15 heavy (non-hydrogen) atoms. The van der Waals surface area contributed by atoms with E-state index in [1.807, 2.05) is 0 Å². The Morgan fingerprint density at radius 2 is 1.47 bits per heavy atom. The third-order valence-electron chi connectivity index (χ3n) is 1.60. The Hall–Kier alpha value is -2.58. The molecule has 9 heteroatoms. The number of hydrogen-bond acceptors (Lipinski definition) is 9. The standard InChI is InChI=1S/C6H3N3O6/c10-4-1(7-13)5(11)3(9-15)6(12)2(4)8-14/h10,13,15H/b7-1+,9-3-. The smallest absolute Gasteiger partial charge is 0.244 e. The Morgan fingerprint density at radius 1 is 0.933 bits per heavy atom. The molecular formula is C6H3N3O6. The van der Waals surface area contributed by atoms with Gasteiger partial charge in [-0.05, 0) is 5.18 Å². The van der Waals surface area contributed by atoms with Gasteiger partial charge in [0.15, 0.2) is 11.1 Å². The van der Waals surface area contributed by atoms with Gasteiger partial charge >= 0.3 is 0 Å². The maximum absolute atomic E-state index is 11.1. The quantitative estimate of drug-likeness (QED) is 0.278. The second-order valence-corrected chi connectivity index (χ2v) is 2.34. The van der Waals surface area contributed by atoms with E-state index in [0.29, 0.717) is 0 Å². The molecule has 0 saturated heterocycles. The molecule has 9 nitrogen and oxygen atoms in total. The van der Waals surface area contributed by atoms with Crippen LogP contribution in [-0.4, -0.2) is 15.5 Å². The summed E-state index contributed by atoms with van der Waals surface area (Å²) in [5.74, 6) is -1.16. The van der Waals surface area contributed by atoms with Crippen LogP contribution in [0.5, 0.6) is 5.75 Å². The summed E-state index contributed by atoms with van der Waals surface area (Å²) in [5, 5.41) is 30.5. The van der Waals surface area contributed by atoms with Gasteiger partial charge in [0.1, 0.15) is 0 Å². The minimum Gasteiger partial charge on any atom is -0.503 e. The molecule has 0 spiro atoms. The van der Waals surface area contributed by atoms with Gasteiger partial charge in [-0.3, -0.25) is 9.59 Å². The fourth-order valence-electron chi connectivity index (χ4n) is 0.923. The zero-order valence-electron chi connectivity index (χ0n) is 6.91. The van der Waals surface area contributed by atoms with E-state index in [2.05, 4.69) is 15.5 Å². The highest BCUT2D eigenvalue weighted by Crippen LogP contribution is 2.12. The number of phenolic OH excluding ortho intramolecular Hbond substituents is 1. The van der Waals surface area contributed by atoms with E-state index in [4.69, 9.17) is 15.5 Å². The molecule has 1 rings (SSSR count). The van der Waals surface area contributed by atoms with Gasteiger partial charge < -0.3 is 15.5 Å². The molecule has 0 aromatic heterocycles. The molecule has 0 aliphatic rings. The Labute approximate surface area is 79.5 Å². The largest absolute Gasteiger partial charge is 0.503 e. The summed E-state index contributed by atoms with van der Waals surface area (Å²) in [4.78, 5) is 32.4. The number of aromatic hydroxyl groups is 1. The molecule has 0 heterocycles. The maximum atomic E-state index is 11.1. The normalized spacial score (nSPS) is 13.1. The molecule has 0 amide bonds. The van der Waals surface area contributed by atoms with Crippen LogP contribution in [0, 0.1) is 4.91 Å². The molecule has 0 saturated carbocycles. The van der Waals surface area contributed by atoms with Gasteiger partial charge in [0.05, 0.1) is 0 Å². The van der Waals surface area contributed by atoms with Crippen LogP contribution >= 0.6 is 0 Å². The lowest BCUT2D eigenvalue weighted by Crippen LogP contribution is -2.47. The summed E-state index contributed by atoms with van der Waals surface area (Å²) < 4.78 is 0. The minimum atomic E-state index is -1.34. The van der Waals surface area contributed by atoms with E-state index in [9.17, 15) is 14.5 Å². The number of phenols is 1. The van der Waals surface area contributed by atoms with Crippen LogP contribution in [0.15, 0.2) is 25.1 Å². The fraction of sp³-hybridized carbons (Fsp3) is 0. The van der Waals surface area contributed by atoms with Gasteiger partial charge in [-0.15, -0.1) is 4.91 Å². The minimum absolute atomic E-state index is 0.989. The van der Waals surface area contributed by atoms with Crippen molar-refractivity contribution in [2.24, 2.45) is 15.5 Å². The number of nitrogens with zero attached hydrogens (tertiary/aromatic N) is 3. The predicted molar refractivity (Wildman–Crippen MR) is 43.2 cm³/mol. The van der Waals surface area contributed by atoms with Crippen LogP contribution in [0.25, 0.3) is 0 Å². The van der Waals surface area contributed by atoms with Crippen LogP contribution < -0.4 is 21.6 Å². The van der Waals surface area contributed by atoms with Gasteiger partial charge in [-0.2, -0.15) is 0 Å². The number of nitroso groups, excluding NO2 is 1. The zero-order valence-corrected chi connectivity index (χ0v) is 6.91. The third-order valence-corrected chi connectivity index (χ3v) is 1.60. The summed E-state index contributed by atoms with van der Waals surface area (Å²) in [5.41, 5.74) is -3.72. The van der Waals surface area contributed by atoms with Gasteiger partial charge in [-0.25, -0.2) is 0 Å². The molecule has 78 valence electrons. The molecular weight excluding hydrogens is 210 g/mol. The number of benzene rings is 1. The molecule has 1 aromatic rings. The van der Waals surface area contributed by atoms with Gasteiger partial charge in [0, 0.05) is 0 Å². The van der Waals surface area contributed by atoms with Crippen LogP contribution in [0.3, 0.4) is 0 Å². The molecule has 0 aliphatic carbocycles. The summed E-state index contributed by atoms with van der Waals surface area (Å²) in [6.07, 6.45) is 0. The van der Waals surface area contributed by atoms with E-state index in [-0.39, 0.29) is 0 Å². The average molecular weight is 213 g/mol. The molecule has 0 atom stereocenters. The first-order valence-electron chi connectivity index (χ1n) is 3.39. The first kappa shape index (κ1) is 10.5. The van der Waals surface area contributed by atoms with Crippen molar-refractivity contribution in [1.29, 1.82) is 0 Å². The summed E-state index contributed by atoms with van der Waals surface area (Å²) >= 11 is 0. The zero-order chi connectivity index (χ0) is 11.6. The monoisotopic (exact) mass is 213 g/mol. The second-order valence-electron chi connectivity index (χ2n) is 2.34. The highest BCUT2D eigenvalue weighted by atomic mass is 16.4. The van der Waals surface area contributed by atoms with Crippen LogP contribution in [0.1, 0.15) is 0 Å². The molecule has 0 radical (unpaired) electrons. The van der Waals surface area contributed by atoms with E-state index in [1.54, 1.807) is 0 Å². The fourth-order valence-corrected chi connectivity index (χ4v) is 0.923. The lowest BCUT2D eigenvalue weighted by molar-refractivity contribution is 0.292. The molecule has 1 aromatic carbocycles. The highest BCUT2D eigenvalue weighted by molar-refractivity contribution is 5.49. The lowest BCUT2D eigenvalue weighted by Gasteiger charge is -1.91. The average Bonchev–Trinajstić information content (AvgIpc) is 2.19. The Kier molecular flexibility index (Phi) is 2.56. The molecule has 3 N–H and O–H groups in total. The molecule has 0 unspecified atom stereocenters. The Balaban J connectivity index is 4.21. The first-order valence-corrected chi connectivity index (χ1v) is 3.39. The van der Waals surface area contributed by atoms with Crippen molar-refractivity contribution in [2.75, 3.05) is 0 Å². The Morgan fingerprint density at radius 3 is 1.87 bits per heavy atom. The van der Waals surface area contributed by atoms with E-state index in [1.165, 1.54) is 0 Å². The molecule has 0 bridgehead atoms. The second kappa shape index (κ2) is 3.65. The van der Waals surface area contributed by atoms with Gasteiger partial charge in [0.25, 0.3) is 0 Å². The van der Waals surface area contributed by atoms with Crippen LogP contribution in [0.2, 0.25) is 0 Å². The third kappa shape index (κ3) is 1.35. The molecule has 0 fully saturated rings.